The maximum absolute atomic E-state index is 8.93. The van der Waals surface area contributed by atoms with Crippen LogP contribution in [0.5, 0.6) is 0 Å². The van der Waals surface area contributed by atoms with Crippen molar-refractivity contribution in [2.24, 2.45) is 0 Å². The van der Waals surface area contributed by atoms with Crippen LogP contribution in [0.25, 0.3) is 0 Å². The highest BCUT2D eigenvalue weighted by molar-refractivity contribution is 4.91. The number of hydrogen-bond donors (Lipinski definition) is 1. The Hall–Kier alpha value is -0.740. The van der Waals surface area contributed by atoms with Gasteiger partial charge in [0.1, 0.15) is 6.17 Å². The second-order valence-corrected chi connectivity index (χ2v) is 2.40. The van der Waals surface area contributed by atoms with Crippen LogP contribution >= 0.6 is 0 Å². The Morgan fingerprint density at radius 2 is 2.27 bits per heavy atom. The van der Waals surface area contributed by atoms with Crippen molar-refractivity contribution in [1.82, 2.24) is 9.96 Å². The first-order chi connectivity index (χ1) is 5.29. The first-order valence-corrected chi connectivity index (χ1v) is 3.72. The van der Waals surface area contributed by atoms with Crippen molar-refractivity contribution >= 4 is 0 Å². The SMILES string of the molecule is CCON1C=CN(C)C1CO. The minimum Gasteiger partial charge on any atom is -0.392 e. The number of rotatable bonds is 3. The van der Waals surface area contributed by atoms with Crippen LogP contribution in [0.3, 0.4) is 0 Å². The van der Waals surface area contributed by atoms with Gasteiger partial charge in [-0.25, -0.2) is 5.06 Å². The topological polar surface area (TPSA) is 35.9 Å². The molecule has 0 spiro atoms. The van der Waals surface area contributed by atoms with Gasteiger partial charge in [-0.15, -0.1) is 0 Å². The Morgan fingerprint density at radius 3 is 2.82 bits per heavy atom. The van der Waals surface area contributed by atoms with E-state index < -0.39 is 0 Å². The highest BCUT2D eigenvalue weighted by Gasteiger charge is 2.22. The van der Waals surface area contributed by atoms with Gasteiger partial charge < -0.3 is 10.0 Å². The van der Waals surface area contributed by atoms with E-state index in [4.69, 9.17) is 9.94 Å². The highest BCUT2D eigenvalue weighted by atomic mass is 16.7. The average Bonchev–Trinajstić information content (AvgIpc) is 2.33. The number of aliphatic hydroxyl groups is 1. The summed E-state index contributed by atoms with van der Waals surface area (Å²) in [4.78, 5) is 7.12. The number of hydroxylamine groups is 2. The summed E-state index contributed by atoms with van der Waals surface area (Å²) in [5.41, 5.74) is 0. The molecule has 0 fully saturated rings. The van der Waals surface area contributed by atoms with Crippen molar-refractivity contribution < 1.29 is 9.94 Å². The van der Waals surface area contributed by atoms with E-state index in [1.165, 1.54) is 0 Å². The van der Waals surface area contributed by atoms with E-state index >= 15 is 0 Å². The van der Waals surface area contributed by atoms with Crippen LogP contribution in [-0.2, 0) is 4.84 Å². The average molecular weight is 158 g/mol. The molecule has 4 heteroatoms. The monoisotopic (exact) mass is 158 g/mol. The van der Waals surface area contributed by atoms with Gasteiger partial charge in [-0.1, -0.05) is 0 Å². The highest BCUT2D eigenvalue weighted by Crippen LogP contribution is 2.12. The molecule has 4 nitrogen and oxygen atoms in total. The van der Waals surface area contributed by atoms with Gasteiger partial charge in [-0.2, -0.15) is 0 Å². The zero-order valence-electron chi connectivity index (χ0n) is 6.90. The molecule has 11 heavy (non-hydrogen) atoms. The van der Waals surface area contributed by atoms with Crippen LogP contribution in [-0.4, -0.2) is 41.5 Å². The van der Waals surface area contributed by atoms with Crippen LogP contribution in [0.15, 0.2) is 12.4 Å². The molecule has 1 aliphatic heterocycles. The molecule has 1 atom stereocenters. The molecular formula is C7H14N2O2. The summed E-state index contributed by atoms with van der Waals surface area (Å²) in [5, 5.41) is 10.6. The van der Waals surface area contributed by atoms with Crippen LogP contribution in [0, 0.1) is 0 Å². The maximum Gasteiger partial charge on any atom is 0.149 e. The van der Waals surface area contributed by atoms with Gasteiger partial charge >= 0.3 is 0 Å². The van der Waals surface area contributed by atoms with Gasteiger partial charge in [0, 0.05) is 19.4 Å². The molecule has 0 aliphatic carbocycles. The molecular weight excluding hydrogens is 144 g/mol. The van der Waals surface area contributed by atoms with Crippen molar-refractivity contribution in [1.29, 1.82) is 0 Å². The Balaban J connectivity index is 2.46. The summed E-state index contributed by atoms with van der Waals surface area (Å²) in [5.74, 6) is 0. The third-order valence-electron chi connectivity index (χ3n) is 1.65. The second kappa shape index (κ2) is 3.59. The van der Waals surface area contributed by atoms with E-state index in [0.717, 1.165) is 0 Å². The maximum atomic E-state index is 8.93. The molecule has 1 N–H and O–H groups in total. The Labute approximate surface area is 66.6 Å². The zero-order chi connectivity index (χ0) is 8.27. The third-order valence-corrected chi connectivity index (χ3v) is 1.65. The predicted molar refractivity (Wildman–Crippen MR) is 41.2 cm³/mol. The van der Waals surface area contributed by atoms with E-state index in [2.05, 4.69) is 0 Å². The van der Waals surface area contributed by atoms with E-state index in [1.807, 2.05) is 31.3 Å². The Kier molecular flexibility index (Phi) is 2.73. The van der Waals surface area contributed by atoms with Crippen molar-refractivity contribution in [3.8, 4) is 0 Å². The lowest BCUT2D eigenvalue weighted by atomic mass is 10.5. The quantitative estimate of drug-likeness (QED) is 0.626. The molecule has 1 heterocycles. The lowest BCUT2D eigenvalue weighted by Gasteiger charge is -2.26. The summed E-state index contributed by atoms with van der Waals surface area (Å²) in [7, 11) is 1.90. The first-order valence-electron chi connectivity index (χ1n) is 3.72. The molecule has 0 saturated heterocycles. The first kappa shape index (κ1) is 8.36. The van der Waals surface area contributed by atoms with Crippen molar-refractivity contribution in [2.75, 3.05) is 20.3 Å². The number of hydrogen-bond acceptors (Lipinski definition) is 4. The largest absolute Gasteiger partial charge is 0.392 e. The van der Waals surface area contributed by atoms with E-state index in [1.54, 1.807) is 5.06 Å². The zero-order valence-corrected chi connectivity index (χ0v) is 6.90. The molecule has 0 bridgehead atoms. The third kappa shape index (κ3) is 1.64. The Morgan fingerprint density at radius 1 is 1.55 bits per heavy atom. The fraction of sp³-hybridized carbons (Fsp3) is 0.714. The number of likely N-dealkylation sites (N-methyl/N-ethyl adjacent to an activating group) is 1. The molecule has 0 aromatic carbocycles. The molecule has 64 valence electrons. The molecule has 1 rings (SSSR count). The van der Waals surface area contributed by atoms with Crippen molar-refractivity contribution in [3.63, 3.8) is 0 Å². The van der Waals surface area contributed by atoms with Gasteiger partial charge in [0.2, 0.25) is 0 Å². The second-order valence-electron chi connectivity index (χ2n) is 2.40. The van der Waals surface area contributed by atoms with Gasteiger partial charge in [-0.05, 0) is 6.92 Å². The number of aliphatic hydroxyl groups excluding tert-OH is 1. The summed E-state index contributed by atoms with van der Waals surface area (Å²) in [6, 6.07) is 0. The van der Waals surface area contributed by atoms with E-state index in [-0.39, 0.29) is 12.8 Å². The fourth-order valence-corrected chi connectivity index (χ4v) is 1.04. The Bertz CT molecular complexity index is 149. The van der Waals surface area contributed by atoms with Crippen LogP contribution in [0.1, 0.15) is 6.92 Å². The van der Waals surface area contributed by atoms with Crippen LogP contribution in [0.2, 0.25) is 0 Å². The van der Waals surface area contributed by atoms with E-state index in [0.29, 0.717) is 6.61 Å². The van der Waals surface area contributed by atoms with Gasteiger partial charge in [0.25, 0.3) is 0 Å². The molecule has 0 amide bonds. The number of nitrogens with zero attached hydrogens (tertiary/aromatic N) is 2. The molecule has 0 saturated carbocycles. The van der Waals surface area contributed by atoms with Gasteiger partial charge in [0.05, 0.1) is 13.2 Å². The standard InChI is InChI=1S/C7H14N2O2/c1-3-11-9-5-4-8(2)7(9)6-10/h4-5,7,10H,3,6H2,1-2H3. The lowest BCUT2D eigenvalue weighted by Crippen LogP contribution is -2.39. The summed E-state index contributed by atoms with van der Waals surface area (Å²) >= 11 is 0. The minimum absolute atomic E-state index is 0.0602. The normalized spacial score (nSPS) is 23.4. The van der Waals surface area contributed by atoms with Gasteiger partial charge in [-0.3, -0.25) is 4.84 Å². The van der Waals surface area contributed by atoms with E-state index in [9.17, 15) is 0 Å². The lowest BCUT2D eigenvalue weighted by molar-refractivity contribution is -0.166. The summed E-state index contributed by atoms with van der Waals surface area (Å²) in [6.45, 7) is 2.61. The molecule has 1 unspecified atom stereocenters. The minimum atomic E-state index is -0.0602. The molecule has 0 radical (unpaired) electrons. The van der Waals surface area contributed by atoms with Crippen LogP contribution in [0.4, 0.5) is 0 Å². The predicted octanol–water partition coefficient (Wildman–Crippen LogP) is -0.0251. The molecule has 0 aromatic rings. The smallest absolute Gasteiger partial charge is 0.149 e. The van der Waals surface area contributed by atoms with Gasteiger partial charge in [0.15, 0.2) is 0 Å². The van der Waals surface area contributed by atoms with Crippen molar-refractivity contribution in [3.05, 3.63) is 12.4 Å². The summed E-state index contributed by atoms with van der Waals surface area (Å²) in [6.07, 6.45) is 3.62. The molecule has 0 aromatic heterocycles. The van der Waals surface area contributed by atoms with Crippen molar-refractivity contribution in [2.45, 2.75) is 13.1 Å². The summed E-state index contributed by atoms with van der Waals surface area (Å²) < 4.78 is 0. The molecule has 1 aliphatic rings. The van der Waals surface area contributed by atoms with Crippen LogP contribution < -0.4 is 0 Å². The fourth-order valence-electron chi connectivity index (χ4n) is 1.04.